The minimum atomic E-state index is -4.34. The van der Waals surface area contributed by atoms with Gasteiger partial charge in [0, 0.05) is 11.8 Å². The summed E-state index contributed by atoms with van der Waals surface area (Å²) in [6, 6.07) is 5.28. The smallest absolute Gasteiger partial charge is 0.299 e. The predicted molar refractivity (Wildman–Crippen MR) is 77.9 cm³/mol. The van der Waals surface area contributed by atoms with E-state index in [0.29, 0.717) is 24.3 Å². The molecule has 0 saturated carbocycles. The van der Waals surface area contributed by atoms with Crippen LogP contribution in [0.5, 0.6) is 0 Å². The highest BCUT2D eigenvalue weighted by Gasteiger charge is 2.31. The summed E-state index contributed by atoms with van der Waals surface area (Å²) in [5.41, 5.74) is -0.0789. The number of hydrogen-bond donors (Lipinski definition) is 0. The van der Waals surface area contributed by atoms with Gasteiger partial charge < -0.3 is 0 Å². The fraction of sp³-hybridized carbons (Fsp3) is 0.588. The van der Waals surface area contributed by atoms with Crippen LogP contribution in [0.4, 0.5) is 13.2 Å². The molecule has 0 bridgehead atoms. The van der Waals surface area contributed by atoms with Crippen molar-refractivity contribution in [3.8, 4) is 0 Å². The van der Waals surface area contributed by atoms with Gasteiger partial charge in [-0.25, -0.2) is 0 Å². The molecule has 0 aliphatic carbocycles. The van der Waals surface area contributed by atoms with Crippen molar-refractivity contribution in [2.24, 2.45) is 17.8 Å². The van der Waals surface area contributed by atoms with Gasteiger partial charge in [0.15, 0.2) is 0 Å². The van der Waals surface area contributed by atoms with Crippen LogP contribution < -0.4 is 0 Å². The van der Waals surface area contributed by atoms with Crippen molar-refractivity contribution in [1.29, 1.82) is 0 Å². The number of carbonyl (C=O) groups is 1. The Hall–Kier alpha value is -1.32. The molecular weight excluding hydrogens is 277 g/mol. The number of benzene rings is 1. The number of rotatable bonds is 6. The lowest BCUT2D eigenvalue weighted by Crippen LogP contribution is -2.23. The summed E-state index contributed by atoms with van der Waals surface area (Å²) in [6.07, 6.45) is -3.27. The summed E-state index contributed by atoms with van der Waals surface area (Å²) in [5.74, 6) is 0.151. The van der Waals surface area contributed by atoms with Gasteiger partial charge in [-0.05, 0) is 30.4 Å². The van der Waals surface area contributed by atoms with Gasteiger partial charge in [0.2, 0.25) is 0 Å². The topological polar surface area (TPSA) is 17.1 Å². The van der Waals surface area contributed by atoms with Crippen molar-refractivity contribution in [3.63, 3.8) is 0 Å². The van der Waals surface area contributed by atoms with Crippen molar-refractivity contribution < 1.29 is 18.0 Å². The monoisotopic (exact) mass is 300 g/mol. The van der Waals surface area contributed by atoms with Gasteiger partial charge in [0.25, 0.3) is 0 Å². The van der Waals surface area contributed by atoms with Gasteiger partial charge in [-0.2, -0.15) is 13.2 Å². The molecule has 0 N–H and O–H groups in total. The van der Waals surface area contributed by atoms with E-state index >= 15 is 0 Å². The molecule has 1 atom stereocenters. The molecule has 0 aliphatic heterocycles. The molecule has 0 saturated heterocycles. The molecular formula is C17H23F3O. The first-order valence-electron chi connectivity index (χ1n) is 7.31. The van der Waals surface area contributed by atoms with E-state index < -0.39 is 11.7 Å². The maximum Gasteiger partial charge on any atom is 0.416 e. The molecule has 1 aromatic rings. The van der Waals surface area contributed by atoms with Gasteiger partial charge >= 0.3 is 6.18 Å². The van der Waals surface area contributed by atoms with Crippen molar-refractivity contribution in [2.75, 3.05) is 0 Å². The van der Waals surface area contributed by atoms with E-state index in [1.165, 1.54) is 6.07 Å². The fourth-order valence-corrected chi connectivity index (χ4v) is 2.50. The summed E-state index contributed by atoms with van der Waals surface area (Å²) < 4.78 is 38.2. The van der Waals surface area contributed by atoms with Crippen LogP contribution >= 0.6 is 0 Å². The molecule has 0 unspecified atom stereocenters. The Morgan fingerprint density at radius 2 is 1.76 bits per heavy atom. The van der Waals surface area contributed by atoms with Crippen molar-refractivity contribution >= 4 is 5.78 Å². The second kappa shape index (κ2) is 7.10. The van der Waals surface area contributed by atoms with Crippen LogP contribution in [0.3, 0.4) is 0 Å². The third-order valence-corrected chi connectivity index (χ3v) is 3.46. The first-order valence-corrected chi connectivity index (χ1v) is 7.31. The normalized spacial score (nSPS) is 13.8. The molecule has 0 aliphatic rings. The lowest BCUT2D eigenvalue weighted by Gasteiger charge is -2.20. The van der Waals surface area contributed by atoms with Gasteiger partial charge in [-0.3, -0.25) is 4.79 Å². The molecule has 4 heteroatoms. The molecule has 1 nitrogen and oxygen atoms in total. The zero-order valence-electron chi connectivity index (χ0n) is 13.0. The molecule has 0 aromatic heterocycles. The predicted octanol–water partition coefficient (Wildman–Crippen LogP) is 5.14. The lowest BCUT2D eigenvalue weighted by atomic mass is 9.83. The first kappa shape index (κ1) is 17.7. The Morgan fingerprint density at radius 1 is 1.14 bits per heavy atom. The number of Topliss-reactive ketones (excluding diaryl/α,β-unsaturated/α-hetero) is 1. The quantitative estimate of drug-likeness (QED) is 0.711. The van der Waals surface area contributed by atoms with Gasteiger partial charge in [-0.1, -0.05) is 45.9 Å². The average molecular weight is 300 g/mol. The van der Waals surface area contributed by atoms with Crippen molar-refractivity contribution in [2.45, 2.75) is 46.7 Å². The lowest BCUT2D eigenvalue weighted by molar-refractivity contribution is -0.137. The number of carbonyl (C=O) groups excluding carboxylic acids is 1. The van der Waals surface area contributed by atoms with Crippen molar-refractivity contribution in [3.05, 3.63) is 35.4 Å². The van der Waals surface area contributed by atoms with E-state index in [4.69, 9.17) is 0 Å². The largest absolute Gasteiger partial charge is 0.416 e. The Bertz CT molecular complexity index is 475. The van der Waals surface area contributed by atoms with E-state index in [1.54, 1.807) is 6.07 Å². The van der Waals surface area contributed by atoms with E-state index in [2.05, 4.69) is 0 Å². The molecule has 0 fully saturated rings. The zero-order valence-corrected chi connectivity index (χ0v) is 13.0. The summed E-state index contributed by atoms with van der Waals surface area (Å²) in [5, 5.41) is 0. The third-order valence-electron chi connectivity index (χ3n) is 3.46. The number of alkyl halides is 3. The molecule has 0 heterocycles. The Morgan fingerprint density at radius 3 is 2.24 bits per heavy atom. The highest BCUT2D eigenvalue weighted by atomic mass is 19.4. The number of halogens is 3. The van der Waals surface area contributed by atoms with E-state index in [-0.39, 0.29) is 17.6 Å². The van der Waals surface area contributed by atoms with E-state index in [9.17, 15) is 18.0 Å². The minimum absolute atomic E-state index is 0.0976. The summed E-state index contributed by atoms with van der Waals surface area (Å²) in [6.45, 7) is 7.71. The molecule has 1 rings (SSSR count). The van der Waals surface area contributed by atoms with Crippen LogP contribution in [0.25, 0.3) is 0 Å². The maximum atomic E-state index is 12.7. The minimum Gasteiger partial charge on any atom is -0.299 e. The van der Waals surface area contributed by atoms with Crippen LogP contribution in [0.15, 0.2) is 24.3 Å². The number of ketones is 1. The van der Waals surface area contributed by atoms with Crippen LogP contribution in [-0.4, -0.2) is 5.78 Å². The summed E-state index contributed by atoms with van der Waals surface area (Å²) >= 11 is 0. The second-order valence-corrected chi connectivity index (χ2v) is 6.29. The third kappa shape index (κ3) is 5.52. The Labute approximate surface area is 124 Å². The zero-order chi connectivity index (χ0) is 16.2. The summed E-state index contributed by atoms with van der Waals surface area (Å²) in [4.78, 5) is 12.2. The van der Waals surface area contributed by atoms with Gasteiger partial charge in [0.05, 0.1) is 5.56 Å². The molecule has 0 spiro atoms. The highest BCUT2D eigenvalue weighted by Crippen LogP contribution is 2.30. The van der Waals surface area contributed by atoms with Gasteiger partial charge in [-0.15, -0.1) is 0 Å². The molecule has 0 radical (unpaired) electrons. The standard InChI is InChI=1S/C17H23F3O/c1-11(2)8-14(16(21)12(3)4)9-13-6-5-7-15(10-13)17(18,19)20/h5-7,10-12,14H,8-9H2,1-4H3/t14-/m0/s1. The first-order chi connectivity index (χ1) is 9.61. The summed E-state index contributed by atoms with van der Waals surface area (Å²) in [7, 11) is 0. The van der Waals surface area contributed by atoms with Crippen LogP contribution in [0.1, 0.15) is 45.2 Å². The maximum absolute atomic E-state index is 12.7. The highest BCUT2D eigenvalue weighted by molar-refractivity contribution is 5.83. The molecule has 1 aromatic carbocycles. The Balaban J connectivity index is 2.96. The molecule has 0 amide bonds. The van der Waals surface area contributed by atoms with Crippen LogP contribution in [0, 0.1) is 17.8 Å². The Kier molecular flexibility index (Phi) is 5.99. The second-order valence-electron chi connectivity index (χ2n) is 6.29. The molecule has 21 heavy (non-hydrogen) atoms. The van der Waals surface area contributed by atoms with Crippen LogP contribution in [0.2, 0.25) is 0 Å². The molecule has 118 valence electrons. The fourth-order valence-electron chi connectivity index (χ4n) is 2.50. The van der Waals surface area contributed by atoms with E-state index in [1.807, 2.05) is 27.7 Å². The average Bonchev–Trinajstić information content (AvgIpc) is 2.35. The number of hydrogen-bond acceptors (Lipinski definition) is 1. The van der Waals surface area contributed by atoms with Gasteiger partial charge in [0.1, 0.15) is 5.78 Å². The van der Waals surface area contributed by atoms with Crippen molar-refractivity contribution in [1.82, 2.24) is 0 Å². The van der Waals surface area contributed by atoms with Crippen LogP contribution in [-0.2, 0) is 17.4 Å². The van der Waals surface area contributed by atoms with E-state index in [0.717, 1.165) is 12.1 Å². The SMILES string of the molecule is CC(C)C[C@@H](Cc1cccc(C(F)(F)F)c1)C(=O)C(C)C.